The number of aromatic nitrogens is 2. The van der Waals surface area contributed by atoms with Gasteiger partial charge in [0.05, 0.1) is 23.6 Å². The lowest BCUT2D eigenvalue weighted by molar-refractivity contribution is 0.0600. The molecule has 0 spiro atoms. The Morgan fingerprint density at radius 1 is 1.00 bits per heavy atom. The van der Waals surface area contributed by atoms with Crippen molar-refractivity contribution in [2.24, 2.45) is 0 Å². The van der Waals surface area contributed by atoms with Crippen molar-refractivity contribution in [2.45, 2.75) is 6.61 Å². The summed E-state index contributed by atoms with van der Waals surface area (Å²) < 4.78 is 10.5. The van der Waals surface area contributed by atoms with Crippen LogP contribution in [0.2, 0.25) is 0 Å². The zero-order valence-corrected chi connectivity index (χ0v) is 15.7. The smallest absolute Gasteiger partial charge is 0.337 e. The topological polar surface area (TPSA) is 81.3 Å². The molecule has 6 heteroatoms. The zero-order chi connectivity index (χ0) is 20.2. The van der Waals surface area contributed by atoms with E-state index < -0.39 is 0 Å². The third-order valence-corrected chi connectivity index (χ3v) is 4.49. The summed E-state index contributed by atoms with van der Waals surface area (Å²) in [5.41, 5.74) is 2.61. The molecule has 4 rings (SSSR count). The Hall–Kier alpha value is -3.93. The highest BCUT2D eigenvalue weighted by molar-refractivity contribution is 5.89. The summed E-state index contributed by atoms with van der Waals surface area (Å²) in [6.07, 6.45) is 0. The SMILES string of the molecule is COC(=O)c1cccc(COc2ccc(-c3nc4ccccc4c(=O)[nH]3)cc2)c1. The van der Waals surface area contributed by atoms with E-state index in [1.165, 1.54) is 7.11 Å². The molecule has 0 unspecified atom stereocenters. The van der Waals surface area contributed by atoms with E-state index >= 15 is 0 Å². The molecule has 0 fully saturated rings. The summed E-state index contributed by atoms with van der Waals surface area (Å²) in [5.74, 6) is 0.791. The van der Waals surface area contributed by atoms with Crippen LogP contribution < -0.4 is 10.3 Å². The highest BCUT2D eigenvalue weighted by atomic mass is 16.5. The maximum Gasteiger partial charge on any atom is 0.337 e. The van der Waals surface area contributed by atoms with Gasteiger partial charge in [-0.25, -0.2) is 9.78 Å². The standard InChI is InChI=1S/C23H18N2O4/c1-28-23(27)17-6-4-5-15(13-17)14-29-18-11-9-16(10-12-18)21-24-20-8-3-2-7-19(20)22(26)25-21/h2-13H,14H2,1H3,(H,24,25,26). The predicted octanol–water partition coefficient (Wildman–Crippen LogP) is 3.96. The molecule has 1 heterocycles. The number of methoxy groups -OCH3 is 1. The van der Waals surface area contributed by atoms with Crippen LogP contribution in [0.25, 0.3) is 22.3 Å². The second kappa shape index (κ2) is 7.98. The van der Waals surface area contributed by atoms with Crippen molar-refractivity contribution in [3.8, 4) is 17.1 Å². The molecule has 0 saturated carbocycles. The first-order chi connectivity index (χ1) is 14.1. The number of esters is 1. The molecule has 0 aliphatic heterocycles. The molecule has 144 valence electrons. The van der Waals surface area contributed by atoms with E-state index in [-0.39, 0.29) is 11.5 Å². The number of nitrogens with zero attached hydrogens (tertiary/aromatic N) is 1. The van der Waals surface area contributed by atoms with Gasteiger partial charge in [0.15, 0.2) is 0 Å². The quantitative estimate of drug-likeness (QED) is 0.525. The molecule has 0 radical (unpaired) electrons. The van der Waals surface area contributed by atoms with Crippen LogP contribution in [0.5, 0.6) is 5.75 Å². The first-order valence-corrected chi connectivity index (χ1v) is 9.03. The van der Waals surface area contributed by atoms with Gasteiger partial charge in [0.1, 0.15) is 18.2 Å². The van der Waals surface area contributed by atoms with Crippen molar-refractivity contribution in [3.05, 3.63) is 94.3 Å². The van der Waals surface area contributed by atoms with Gasteiger partial charge in [0.2, 0.25) is 0 Å². The minimum absolute atomic E-state index is 0.170. The van der Waals surface area contributed by atoms with E-state index in [1.807, 2.05) is 48.5 Å². The van der Waals surface area contributed by atoms with Crippen molar-refractivity contribution in [1.82, 2.24) is 9.97 Å². The Kier molecular flexibility index (Phi) is 5.07. The predicted molar refractivity (Wildman–Crippen MR) is 110 cm³/mol. The molecule has 0 aliphatic rings. The number of rotatable bonds is 5. The van der Waals surface area contributed by atoms with Crippen LogP contribution in [0.4, 0.5) is 0 Å². The molecule has 3 aromatic carbocycles. The van der Waals surface area contributed by atoms with Gasteiger partial charge < -0.3 is 14.5 Å². The van der Waals surface area contributed by atoms with Crippen molar-refractivity contribution >= 4 is 16.9 Å². The van der Waals surface area contributed by atoms with Gasteiger partial charge in [0.25, 0.3) is 5.56 Å². The molecule has 6 nitrogen and oxygen atoms in total. The second-order valence-corrected chi connectivity index (χ2v) is 6.44. The molecule has 1 N–H and O–H groups in total. The molecule has 29 heavy (non-hydrogen) atoms. The monoisotopic (exact) mass is 386 g/mol. The van der Waals surface area contributed by atoms with Gasteiger partial charge in [-0.2, -0.15) is 0 Å². The Balaban J connectivity index is 1.50. The third-order valence-electron chi connectivity index (χ3n) is 4.49. The lowest BCUT2D eigenvalue weighted by atomic mass is 10.1. The van der Waals surface area contributed by atoms with E-state index in [0.717, 1.165) is 11.1 Å². The number of benzene rings is 3. The van der Waals surface area contributed by atoms with Crippen LogP contribution >= 0.6 is 0 Å². The maximum absolute atomic E-state index is 12.2. The maximum atomic E-state index is 12.2. The average molecular weight is 386 g/mol. The van der Waals surface area contributed by atoms with Gasteiger partial charge in [-0.1, -0.05) is 24.3 Å². The largest absolute Gasteiger partial charge is 0.489 e. The summed E-state index contributed by atoms with van der Waals surface area (Å²) in [5, 5.41) is 0.561. The van der Waals surface area contributed by atoms with E-state index in [1.54, 1.807) is 24.3 Å². The van der Waals surface area contributed by atoms with Crippen LogP contribution in [-0.2, 0) is 11.3 Å². The molecule has 0 atom stereocenters. The van der Waals surface area contributed by atoms with Gasteiger partial charge >= 0.3 is 5.97 Å². The number of nitrogens with one attached hydrogen (secondary N) is 1. The van der Waals surface area contributed by atoms with Crippen LogP contribution in [0.3, 0.4) is 0 Å². The van der Waals surface area contributed by atoms with Crippen molar-refractivity contribution < 1.29 is 14.3 Å². The number of fused-ring (bicyclic) bond motifs is 1. The van der Waals surface area contributed by atoms with Gasteiger partial charge in [-0.3, -0.25) is 4.79 Å². The van der Waals surface area contributed by atoms with Crippen LogP contribution in [0.15, 0.2) is 77.6 Å². The first-order valence-electron chi connectivity index (χ1n) is 9.03. The minimum Gasteiger partial charge on any atom is -0.489 e. The van der Waals surface area contributed by atoms with Gasteiger partial charge in [0, 0.05) is 5.56 Å². The fraction of sp³-hybridized carbons (Fsp3) is 0.0870. The average Bonchev–Trinajstić information content (AvgIpc) is 2.77. The van der Waals surface area contributed by atoms with Gasteiger partial charge in [-0.05, 0) is 54.1 Å². The molecular weight excluding hydrogens is 368 g/mol. The summed E-state index contributed by atoms with van der Waals surface area (Å²) >= 11 is 0. The van der Waals surface area contributed by atoms with Crippen LogP contribution in [-0.4, -0.2) is 23.0 Å². The highest BCUT2D eigenvalue weighted by Crippen LogP contribution is 2.21. The number of ether oxygens (including phenoxy) is 2. The zero-order valence-electron chi connectivity index (χ0n) is 15.7. The number of H-pyrrole nitrogens is 1. The fourth-order valence-electron chi connectivity index (χ4n) is 3.00. The third kappa shape index (κ3) is 4.01. The number of carbonyl (C=O) groups is 1. The Bertz CT molecular complexity index is 1230. The Morgan fingerprint density at radius 2 is 1.79 bits per heavy atom. The minimum atomic E-state index is -0.381. The molecule has 0 amide bonds. The molecule has 0 saturated heterocycles. The molecule has 4 aromatic rings. The van der Waals surface area contributed by atoms with E-state index in [2.05, 4.69) is 9.97 Å². The second-order valence-electron chi connectivity index (χ2n) is 6.44. The summed E-state index contributed by atoms with van der Waals surface area (Å²) in [7, 11) is 1.35. The van der Waals surface area contributed by atoms with Crippen LogP contribution in [0, 0.1) is 0 Å². The molecule has 1 aromatic heterocycles. The molecule has 0 bridgehead atoms. The van der Waals surface area contributed by atoms with E-state index in [0.29, 0.717) is 34.6 Å². The van der Waals surface area contributed by atoms with Gasteiger partial charge in [-0.15, -0.1) is 0 Å². The lowest BCUT2D eigenvalue weighted by Gasteiger charge is -2.09. The number of hydrogen-bond acceptors (Lipinski definition) is 5. The summed E-state index contributed by atoms with van der Waals surface area (Å²) in [6.45, 7) is 0.315. The number of para-hydroxylation sites is 1. The Labute approximate surface area is 166 Å². The first kappa shape index (κ1) is 18.4. The summed E-state index contributed by atoms with van der Waals surface area (Å²) in [6, 6.07) is 21.6. The van der Waals surface area contributed by atoms with Crippen molar-refractivity contribution in [1.29, 1.82) is 0 Å². The van der Waals surface area contributed by atoms with E-state index in [4.69, 9.17) is 9.47 Å². The van der Waals surface area contributed by atoms with E-state index in [9.17, 15) is 9.59 Å². The Morgan fingerprint density at radius 3 is 2.59 bits per heavy atom. The lowest BCUT2D eigenvalue weighted by Crippen LogP contribution is -2.09. The van der Waals surface area contributed by atoms with Crippen molar-refractivity contribution in [3.63, 3.8) is 0 Å². The number of aromatic amines is 1. The van der Waals surface area contributed by atoms with Crippen molar-refractivity contribution in [2.75, 3.05) is 7.11 Å². The summed E-state index contributed by atoms with van der Waals surface area (Å²) in [4.78, 5) is 31.2. The molecule has 0 aliphatic carbocycles. The van der Waals surface area contributed by atoms with Crippen LogP contribution in [0.1, 0.15) is 15.9 Å². The normalized spacial score (nSPS) is 10.7. The highest BCUT2D eigenvalue weighted by Gasteiger charge is 2.08. The number of carbonyl (C=O) groups excluding carboxylic acids is 1. The fourth-order valence-corrected chi connectivity index (χ4v) is 3.00. The number of hydrogen-bond donors (Lipinski definition) is 1. The molecular formula is C23H18N2O4.